The molecule has 158 valence electrons. The van der Waals surface area contributed by atoms with Crippen LogP contribution >= 0.6 is 11.3 Å². The number of rotatable bonds is 6. The summed E-state index contributed by atoms with van der Waals surface area (Å²) < 4.78 is 0. The van der Waals surface area contributed by atoms with Crippen LogP contribution in [0.2, 0.25) is 0 Å². The maximum absolute atomic E-state index is 13.3. The first-order valence-electron chi connectivity index (χ1n) is 10.4. The summed E-state index contributed by atoms with van der Waals surface area (Å²) in [5.41, 5.74) is 2.68. The summed E-state index contributed by atoms with van der Waals surface area (Å²) in [6.07, 6.45) is 2.28. The number of anilines is 1. The second-order valence-corrected chi connectivity index (χ2v) is 8.57. The van der Waals surface area contributed by atoms with Crippen LogP contribution in [0.3, 0.4) is 0 Å². The summed E-state index contributed by atoms with van der Waals surface area (Å²) in [6, 6.07) is 24.6. The van der Waals surface area contributed by atoms with Gasteiger partial charge in [-0.05, 0) is 46.0 Å². The number of thiophene rings is 1. The van der Waals surface area contributed by atoms with E-state index in [2.05, 4.69) is 15.6 Å². The van der Waals surface area contributed by atoms with Crippen molar-refractivity contribution in [2.75, 3.05) is 5.32 Å². The molecule has 5 nitrogen and oxygen atoms in total. The number of aromatic amines is 1. The average molecular weight is 440 g/mol. The Balaban J connectivity index is 1.42. The van der Waals surface area contributed by atoms with E-state index in [0.29, 0.717) is 17.0 Å². The van der Waals surface area contributed by atoms with Crippen molar-refractivity contribution in [1.29, 1.82) is 0 Å². The first-order valence-corrected chi connectivity index (χ1v) is 11.2. The molecule has 1 unspecified atom stereocenters. The van der Waals surface area contributed by atoms with Gasteiger partial charge in [0.1, 0.15) is 6.04 Å². The topological polar surface area (TPSA) is 74.0 Å². The van der Waals surface area contributed by atoms with E-state index in [1.807, 2.05) is 84.4 Å². The van der Waals surface area contributed by atoms with E-state index in [-0.39, 0.29) is 11.8 Å². The van der Waals surface area contributed by atoms with Gasteiger partial charge in [-0.3, -0.25) is 9.59 Å². The summed E-state index contributed by atoms with van der Waals surface area (Å²) in [7, 11) is 0. The van der Waals surface area contributed by atoms with Gasteiger partial charge in [0.05, 0.1) is 4.88 Å². The van der Waals surface area contributed by atoms with Crippen LogP contribution in [0.15, 0.2) is 90.4 Å². The van der Waals surface area contributed by atoms with Crippen molar-refractivity contribution < 1.29 is 9.59 Å². The molecule has 1 atom stereocenters. The number of hydrogen-bond acceptors (Lipinski definition) is 3. The maximum atomic E-state index is 13.3. The van der Waals surface area contributed by atoms with Gasteiger partial charge in [-0.25, -0.2) is 0 Å². The molecule has 6 heteroatoms. The van der Waals surface area contributed by atoms with Crippen LogP contribution in [-0.4, -0.2) is 22.8 Å². The van der Waals surface area contributed by atoms with Crippen molar-refractivity contribution in [3.63, 3.8) is 0 Å². The van der Waals surface area contributed by atoms with E-state index in [4.69, 9.17) is 0 Å². The van der Waals surface area contributed by atoms with Crippen molar-refractivity contribution in [2.24, 2.45) is 0 Å². The molecular weight excluding hydrogens is 418 g/mol. The van der Waals surface area contributed by atoms with Crippen molar-refractivity contribution in [3.8, 4) is 0 Å². The number of nitrogens with one attached hydrogen (secondary N) is 3. The standard InChI is InChI=1S/C26H21N3O2S/c30-25(28-20-12-11-17-6-1-2-7-18(17)14-20)23(29-26(31)24-10-5-13-32-24)15-19-16-27-22-9-4-3-8-21(19)22/h1-14,16,23,27H,15H2,(H,28,30)(H,29,31). The number of benzene rings is 3. The van der Waals surface area contributed by atoms with Gasteiger partial charge in [0.15, 0.2) is 0 Å². The Morgan fingerprint density at radius 1 is 0.906 bits per heavy atom. The largest absolute Gasteiger partial charge is 0.361 e. The zero-order valence-electron chi connectivity index (χ0n) is 17.2. The summed E-state index contributed by atoms with van der Waals surface area (Å²) in [6.45, 7) is 0. The maximum Gasteiger partial charge on any atom is 0.262 e. The molecule has 0 saturated heterocycles. The van der Waals surface area contributed by atoms with Gasteiger partial charge in [-0.2, -0.15) is 0 Å². The highest BCUT2D eigenvalue weighted by molar-refractivity contribution is 7.12. The van der Waals surface area contributed by atoms with Crippen LogP contribution in [0, 0.1) is 0 Å². The molecule has 2 heterocycles. The van der Waals surface area contributed by atoms with Crippen LogP contribution < -0.4 is 10.6 Å². The molecule has 0 radical (unpaired) electrons. The fourth-order valence-corrected chi connectivity index (χ4v) is 4.49. The number of H-pyrrole nitrogens is 1. The van der Waals surface area contributed by atoms with Crippen LogP contribution in [0.5, 0.6) is 0 Å². The normalized spacial score (nSPS) is 12.0. The van der Waals surface area contributed by atoms with Crippen molar-refractivity contribution in [3.05, 3.63) is 101 Å². The van der Waals surface area contributed by atoms with Gasteiger partial charge < -0.3 is 15.6 Å². The third-order valence-corrected chi connectivity index (χ3v) is 6.35. The fraction of sp³-hybridized carbons (Fsp3) is 0.0769. The molecule has 32 heavy (non-hydrogen) atoms. The predicted molar refractivity (Wildman–Crippen MR) is 130 cm³/mol. The Bertz CT molecular complexity index is 1410. The molecule has 5 aromatic rings. The zero-order chi connectivity index (χ0) is 21.9. The third-order valence-electron chi connectivity index (χ3n) is 5.48. The van der Waals surface area contributed by atoms with Crippen LogP contribution in [0.1, 0.15) is 15.2 Å². The number of carbonyl (C=O) groups is 2. The van der Waals surface area contributed by atoms with E-state index >= 15 is 0 Å². The minimum Gasteiger partial charge on any atom is -0.361 e. The second-order valence-electron chi connectivity index (χ2n) is 7.62. The Hall–Kier alpha value is -3.90. The number of fused-ring (bicyclic) bond motifs is 2. The lowest BCUT2D eigenvalue weighted by Gasteiger charge is -2.18. The number of para-hydroxylation sites is 1. The van der Waals surface area contributed by atoms with Crippen LogP contribution in [-0.2, 0) is 11.2 Å². The molecule has 0 aliphatic heterocycles. The number of carbonyl (C=O) groups excluding carboxylic acids is 2. The highest BCUT2D eigenvalue weighted by Gasteiger charge is 2.24. The zero-order valence-corrected chi connectivity index (χ0v) is 18.0. The third kappa shape index (κ3) is 4.13. The fourth-order valence-electron chi connectivity index (χ4n) is 3.86. The van der Waals surface area contributed by atoms with Gasteiger partial charge in [0.25, 0.3) is 5.91 Å². The molecule has 3 aromatic carbocycles. The lowest BCUT2D eigenvalue weighted by Crippen LogP contribution is -2.45. The molecule has 0 fully saturated rings. The minimum atomic E-state index is -0.727. The van der Waals surface area contributed by atoms with E-state index in [0.717, 1.165) is 27.2 Å². The van der Waals surface area contributed by atoms with Crippen molar-refractivity contribution in [1.82, 2.24) is 10.3 Å². The molecule has 5 rings (SSSR count). The molecule has 0 aliphatic rings. The van der Waals surface area contributed by atoms with Gasteiger partial charge in [0.2, 0.25) is 5.91 Å². The quantitative estimate of drug-likeness (QED) is 0.333. The molecule has 0 bridgehead atoms. The molecule has 0 saturated carbocycles. The van der Waals surface area contributed by atoms with Crippen molar-refractivity contribution >= 4 is 50.5 Å². The minimum absolute atomic E-state index is 0.251. The Labute approximate surface area is 189 Å². The first kappa shape index (κ1) is 20.0. The van der Waals surface area contributed by atoms with E-state index in [9.17, 15) is 9.59 Å². The van der Waals surface area contributed by atoms with Gasteiger partial charge in [0, 0.05) is 29.2 Å². The van der Waals surface area contributed by atoms with Crippen molar-refractivity contribution in [2.45, 2.75) is 12.5 Å². The smallest absolute Gasteiger partial charge is 0.262 e. The van der Waals surface area contributed by atoms with Crippen LogP contribution in [0.25, 0.3) is 21.7 Å². The Kier molecular flexibility index (Phi) is 5.44. The summed E-state index contributed by atoms with van der Waals surface area (Å²) in [5, 5.41) is 10.9. The average Bonchev–Trinajstić information content (AvgIpc) is 3.49. The summed E-state index contributed by atoms with van der Waals surface area (Å²) >= 11 is 1.35. The molecule has 3 N–H and O–H groups in total. The molecule has 2 amide bonds. The molecular formula is C26H21N3O2S. The van der Waals surface area contributed by atoms with Gasteiger partial charge >= 0.3 is 0 Å². The predicted octanol–water partition coefficient (Wildman–Crippen LogP) is 5.36. The van der Waals surface area contributed by atoms with Gasteiger partial charge in [-0.15, -0.1) is 11.3 Å². The molecule has 0 aliphatic carbocycles. The lowest BCUT2D eigenvalue weighted by atomic mass is 10.0. The van der Waals surface area contributed by atoms with Crippen LogP contribution in [0.4, 0.5) is 5.69 Å². The molecule has 0 spiro atoms. The first-order chi connectivity index (χ1) is 15.7. The van der Waals surface area contributed by atoms with Gasteiger partial charge in [-0.1, -0.05) is 54.6 Å². The van der Waals surface area contributed by atoms with E-state index in [1.54, 1.807) is 6.07 Å². The Morgan fingerprint density at radius 2 is 1.72 bits per heavy atom. The monoisotopic (exact) mass is 439 g/mol. The number of aromatic nitrogens is 1. The number of amides is 2. The Morgan fingerprint density at radius 3 is 2.56 bits per heavy atom. The van der Waals surface area contributed by atoms with E-state index in [1.165, 1.54) is 11.3 Å². The highest BCUT2D eigenvalue weighted by atomic mass is 32.1. The van der Waals surface area contributed by atoms with E-state index < -0.39 is 6.04 Å². The summed E-state index contributed by atoms with van der Waals surface area (Å²) in [4.78, 5) is 29.9. The SMILES string of the molecule is O=C(NC(Cc1c[nH]c2ccccc12)C(=O)Nc1ccc2ccccc2c1)c1cccs1. The highest BCUT2D eigenvalue weighted by Crippen LogP contribution is 2.22. The second kappa shape index (κ2) is 8.69. The summed E-state index contributed by atoms with van der Waals surface area (Å²) in [5.74, 6) is -0.506. The number of hydrogen-bond donors (Lipinski definition) is 3. The molecule has 2 aromatic heterocycles. The lowest BCUT2D eigenvalue weighted by molar-refractivity contribution is -0.118.